The molecule has 0 aliphatic rings. The summed E-state index contributed by atoms with van der Waals surface area (Å²) in [5, 5.41) is 21.7. The average molecular weight is 484 g/mol. The van der Waals surface area contributed by atoms with Gasteiger partial charge >= 0.3 is 5.97 Å². The summed E-state index contributed by atoms with van der Waals surface area (Å²) >= 11 is 0. The first-order valence-corrected chi connectivity index (χ1v) is 11.1. The number of nitrogens with zero attached hydrogens (tertiary/aromatic N) is 1. The van der Waals surface area contributed by atoms with Gasteiger partial charge in [0.05, 0.1) is 48.2 Å². The number of rotatable bonds is 12. The fraction of sp³-hybridized carbons (Fsp3) is 0.320. The number of anilines is 1. The zero-order valence-corrected chi connectivity index (χ0v) is 19.7. The molecule has 2 aromatic carbocycles. The number of hydrogen-bond donors (Lipinski definition) is 4. The van der Waals surface area contributed by atoms with Crippen molar-refractivity contribution in [3.8, 4) is 17.2 Å². The molecule has 0 fully saturated rings. The summed E-state index contributed by atoms with van der Waals surface area (Å²) in [6, 6.07) is 10.2. The van der Waals surface area contributed by atoms with Gasteiger partial charge < -0.3 is 35.5 Å². The summed E-state index contributed by atoms with van der Waals surface area (Å²) in [7, 11) is 1.46. The Morgan fingerprint density at radius 2 is 1.74 bits per heavy atom. The summed E-state index contributed by atoms with van der Waals surface area (Å²) in [4.78, 5) is 28.6. The standard InChI is InChI=1S/C25H29N3O7/c1-15-20(25(31)32)22(26)21-17(28-15)8-4-9-18(21)34-13-5-11-27-24(30)16-7-3-10-19(23(16)33-2)35-14-6-12-29/h3-4,7-10,29H,5-6,11-14H2,1-2H3,(H2,26,28)(H,27,30)(H,31,32). The number of methoxy groups -OCH3 is 1. The Bertz CT molecular complexity index is 1210. The summed E-state index contributed by atoms with van der Waals surface area (Å²) in [5.74, 6) is -0.298. The van der Waals surface area contributed by atoms with Crippen LogP contribution < -0.4 is 25.3 Å². The van der Waals surface area contributed by atoms with Crippen molar-refractivity contribution in [2.24, 2.45) is 0 Å². The number of aromatic nitrogens is 1. The third kappa shape index (κ3) is 5.90. The zero-order valence-electron chi connectivity index (χ0n) is 19.7. The van der Waals surface area contributed by atoms with Gasteiger partial charge in [-0.25, -0.2) is 4.79 Å². The Kier molecular flexibility index (Phi) is 8.69. The van der Waals surface area contributed by atoms with E-state index in [1.165, 1.54) is 7.11 Å². The Morgan fingerprint density at radius 1 is 1.06 bits per heavy atom. The van der Waals surface area contributed by atoms with E-state index in [1.807, 2.05) is 0 Å². The van der Waals surface area contributed by atoms with E-state index in [4.69, 9.17) is 25.1 Å². The summed E-state index contributed by atoms with van der Waals surface area (Å²) in [5.41, 5.74) is 7.42. The van der Waals surface area contributed by atoms with Crippen LogP contribution >= 0.6 is 0 Å². The van der Waals surface area contributed by atoms with E-state index in [0.717, 1.165) is 0 Å². The number of hydrogen-bond acceptors (Lipinski definition) is 8. The number of aryl methyl sites for hydroxylation is 1. The van der Waals surface area contributed by atoms with Crippen molar-refractivity contribution in [1.82, 2.24) is 10.3 Å². The van der Waals surface area contributed by atoms with Crippen LogP contribution in [0.5, 0.6) is 17.2 Å². The van der Waals surface area contributed by atoms with Gasteiger partial charge in [0.2, 0.25) is 0 Å². The van der Waals surface area contributed by atoms with E-state index in [-0.39, 0.29) is 30.4 Å². The molecular weight excluding hydrogens is 454 g/mol. The minimum Gasteiger partial charge on any atom is -0.493 e. The molecule has 1 aromatic heterocycles. The smallest absolute Gasteiger partial charge is 0.339 e. The first-order valence-electron chi connectivity index (χ1n) is 11.1. The number of fused-ring (bicyclic) bond motifs is 1. The van der Waals surface area contributed by atoms with Crippen molar-refractivity contribution in [3.63, 3.8) is 0 Å². The van der Waals surface area contributed by atoms with E-state index < -0.39 is 5.97 Å². The van der Waals surface area contributed by atoms with Gasteiger partial charge in [0.15, 0.2) is 11.5 Å². The predicted molar refractivity (Wildman–Crippen MR) is 130 cm³/mol. The van der Waals surface area contributed by atoms with E-state index in [9.17, 15) is 14.7 Å². The average Bonchev–Trinajstić information content (AvgIpc) is 2.83. The summed E-state index contributed by atoms with van der Waals surface area (Å²) in [6.45, 7) is 2.50. The van der Waals surface area contributed by atoms with Crippen LogP contribution in [0.15, 0.2) is 36.4 Å². The molecule has 1 heterocycles. The van der Waals surface area contributed by atoms with Crippen LogP contribution in [-0.2, 0) is 0 Å². The number of carbonyl (C=O) groups is 2. The highest BCUT2D eigenvalue weighted by Crippen LogP contribution is 2.34. The first-order chi connectivity index (χ1) is 16.9. The van der Waals surface area contributed by atoms with Crippen LogP contribution in [0.4, 0.5) is 5.69 Å². The van der Waals surface area contributed by atoms with Gasteiger partial charge in [-0.2, -0.15) is 0 Å². The van der Waals surface area contributed by atoms with Crippen LogP contribution in [0.3, 0.4) is 0 Å². The number of benzene rings is 2. The second-order valence-corrected chi connectivity index (χ2v) is 7.66. The third-order valence-electron chi connectivity index (χ3n) is 5.26. The molecular formula is C25H29N3O7. The molecule has 5 N–H and O–H groups in total. The molecule has 3 aromatic rings. The van der Waals surface area contributed by atoms with E-state index in [2.05, 4.69) is 10.3 Å². The largest absolute Gasteiger partial charge is 0.493 e. The molecule has 3 rings (SSSR count). The van der Waals surface area contributed by atoms with E-state index in [1.54, 1.807) is 43.3 Å². The molecule has 0 aliphatic heterocycles. The van der Waals surface area contributed by atoms with Crippen molar-refractivity contribution in [1.29, 1.82) is 0 Å². The normalized spacial score (nSPS) is 10.7. The number of carboxylic acid groups (broad SMARTS) is 1. The number of aliphatic hydroxyl groups is 1. The number of aromatic carboxylic acids is 1. The van der Waals surface area contributed by atoms with Crippen molar-refractivity contribution >= 4 is 28.5 Å². The quantitative estimate of drug-likeness (QED) is 0.285. The molecule has 0 radical (unpaired) electrons. The van der Waals surface area contributed by atoms with Gasteiger partial charge in [-0.1, -0.05) is 12.1 Å². The highest BCUT2D eigenvalue weighted by atomic mass is 16.5. The van der Waals surface area contributed by atoms with Gasteiger partial charge in [0.25, 0.3) is 5.91 Å². The second kappa shape index (κ2) is 11.9. The fourth-order valence-electron chi connectivity index (χ4n) is 3.65. The monoisotopic (exact) mass is 483 g/mol. The number of nitrogen functional groups attached to an aromatic ring is 1. The number of nitrogens with two attached hydrogens (primary N) is 1. The van der Waals surface area contributed by atoms with Crippen LogP contribution in [0.2, 0.25) is 0 Å². The number of para-hydroxylation sites is 1. The van der Waals surface area contributed by atoms with E-state index in [0.29, 0.717) is 65.4 Å². The molecule has 10 heteroatoms. The molecule has 0 saturated heterocycles. The van der Waals surface area contributed by atoms with Crippen molar-refractivity contribution in [3.05, 3.63) is 53.2 Å². The maximum atomic E-state index is 12.7. The third-order valence-corrected chi connectivity index (χ3v) is 5.26. The molecule has 0 atom stereocenters. The lowest BCUT2D eigenvalue weighted by Crippen LogP contribution is -2.26. The van der Waals surface area contributed by atoms with Gasteiger partial charge in [-0.05, 0) is 37.6 Å². The minimum absolute atomic E-state index is 0.00675. The van der Waals surface area contributed by atoms with Crippen LogP contribution in [-0.4, -0.2) is 60.5 Å². The van der Waals surface area contributed by atoms with Gasteiger partial charge in [0, 0.05) is 19.6 Å². The highest BCUT2D eigenvalue weighted by molar-refractivity contribution is 6.06. The molecule has 186 valence electrons. The summed E-state index contributed by atoms with van der Waals surface area (Å²) in [6.07, 6.45) is 0.956. The van der Waals surface area contributed by atoms with E-state index >= 15 is 0 Å². The van der Waals surface area contributed by atoms with Gasteiger partial charge in [-0.3, -0.25) is 9.78 Å². The predicted octanol–water partition coefficient (Wildman–Crippen LogP) is 2.79. The van der Waals surface area contributed by atoms with Crippen molar-refractivity contribution in [2.45, 2.75) is 19.8 Å². The van der Waals surface area contributed by atoms with Crippen LogP contribution in [0.25, 0.3) is 10.9 Å². The Hall–Kier alpha value is -4.05. The van der Waals surface area contributed by atoms with Crippen LogP contribution in [0.1, 0.15) is 39.3 Å². The van der Waals surface area contributed by atoms with Gasteiger partial charge in [0.1, 0.15) is 11.3 Å². The maximum absolute atomic E-state index is 12.7. The number of carboxylic acids is 1. The molecule has 0 spiro atoms. The molecule has 0 aliphatic carbocycles. The maximum Gasteiger partial charge on any atom is 0.339 e. The van der Waals surface area contributed by atoms with Crippen LogP contribution in [0, 0.1) is 6.92 Å². The Balaban J connectivity index is 1.62. The molecule has 35 heavy (non-hydrogen) atoms. The number of aliphatic hydroxyl groups excluding tert-OH is 1. The number of nitrogens with one attached hydrogen (secondary N) is 1. The fourth-order valence-corrected chi connectivity index (χ4v) is 3.65. The Labute approximate surface area is 202 Å². The topological polar surface area (TPSA) is 153 Å². The number of amides is 1. The van der Waals surface area contributed by atoms with Gasteiger partial charge in [-0.15, -0.1) is 0 Å². The molecule has 0 bridgehead atoms. The van der Waals surface area contributed by atoms with Crippen molar-refractivity contribution in [2.75, 3.05) is 39.2 Å². The molecule has 10 nitrogen and oxygen atoms in total. The Morgan fingerprint density at radius 3 is 2.46 bits per heavy atom. The number of ether oxygens (including phenoxy) is 3. The number of pyridine rings is 1. The molecule has 0 saturated carbocycles. The minimum atomic E-state index is -1.15. The SMILES string of the molecule is COc1c(OCCCO)cccc1C(=O)NCCCOc1cccc2nc(C)c(C(=O)O)c(N)c12. The summed E-state index contributed by atoms with van der Waals surface area (Å²) < 4.78 is 16.8. The number of carbonyl (C=O) groups excluding carboxylic acids is 1. The molecule has 0 unspecified atom stereocenters. The highest BCUT2D eigenvalue weighted by Gasteiger charge is 2.19. The first kappa shape index (κ1) is 25.6. The lowest BCUT2D eigenvalue weighted by Gasteiger charge is -2.15. The second-order valence-electron chi connectivity index (χ2n) is 7.66. The zero-order chi connectivity index (χ0) is 25.4. The molecule has 1 amide bonds. The lowest BCUT2D eigenvalue weighted by atomic mass is 10.1. The lowest BCUT2D eigenvalue weighted by molar-refractivity contribution is 0.0696. The van der Waals surface area contributed by atoms with Crippen molar-refractivity contribution < 1.29 is 34.0 Å².